The fourth-order valence-corrected chi connectivity index (χ4v) is 3.62. The number of hydrogen-bond acceptors (Lipinski definition) is 3. The summed E-state index contributed by atoms with van der Waals surface area (Å²) in [7, 11) is 0. The van der Waals surface area contributed by atoms with Gasteiger partial charge in [0.1, 0.15) is 12.6 Å². The van der Waals surface area contributed by atoms with Crippen molar-refractivity contribution in [3.63, 3.8) is 0 Å². The number of carbonyl (C=O) groups is 2. The van der Waals surface area contributed by atoms with Gasteiger partial charge in [0, 0.05) is 18.0 Å². The van der Waals surface area contributed by atoms with Gasteiger partial charge in [-0.25, -0.2) is 4.79 Å². The standard InChI is InChI=1S/C23H28N2O3/c1-23(2,3)24-21(26)20-19(18-12-8-5-9-13-18)14-15-25(20)22(27)28-16-17-10-6-4-7-11-17/h4-13,19-20H,14-16H2,1-3H3,(H,24,26)/t19-,20+/m1/s1. The van der Waals surface area contributed by atoms with Crippen LogP contribution >= 0.6 is 0 Å². The first-order valence-electron chi connectivity index (χ1n) is 9.69. The Morgan fingerprint density at radius 1 is 1.04 bits per heavy atom. The average molecular weight is 380 g/mol. The third-order valence-electron chi connectivity index (χ3n) is 4.83. The normalized spacial score (nSPS) is 19.3. The van der Waals surface area contributed by atoms with Crippen LogP contribution in [-0.2, 0) is 16.1 Å². The predicted octanol–water partition coefficient (Wildman–Crippen LogP) is 4.10. The minimum Gasteiger partial charge on any atom is -0.445 e. The van der Waals surface area contributed by atoms with Crippen molar-refractivity contribution in [1.29, 1.82) is 0 Å². The molecule has 1 fully saturated rings. The second-order valence-electron chi connectivity index (χ2n) is 8.22. The molecule has 1 heterocycles. The lowest BCUT2D eigenvalue weighted by Gasteiger charge is -2.30. The van der Waals surface area contributed by atoms with E-state index in [1.54, 1.807) is 4.90 Å². The topological polar surface area (TPSA) is 58.6 Å². The van der Waals surface area contributed by atoms with Gasteiger partial charge in [0.15, 0.2) is 0 Å². The van der Waals surface area contributed by atoms with Crippen molar-refractivity contribution in [2.24, 2.45) is 0 Å². The molecule has 28 heavy (non-hydrogen) atoms. The summed E-state index contributed by atoms with van der Waals surface area (Å²) in [5.41, 5.74) is 1.61. The number of benzene rings is 2. The van der Waals surface area contributed by atoms with Crippen LogP contribution in [0, 0.1) is 0 Å². The van der Waals surface area contributed by atoms with Gasteiger partial charge in [-0.05, 0) is 38.3 Å². The second-order valence-corrected chi connectivity index (χ2v) is 8.22. The SMILES string of the molecule is CC(C)(C)NC(=O)[C@@H]1[C@@H](c2ccccc2)CCN1C(=O)OCc1ccccc1. The van der Waals surface area contributed by atoms with Gasteiger partial charge in [-0.15, -0.1) is 0 Å². The first kappa shape index (κ1) is 19.9. The van der Waals surface area contributed by atoms with Gasteiger partial charge in [-0.1, -0.05) is 60.7 Å². The van der Waals surface area contributed by atoms with Crippen molar-refractivity contribution in [3.8, 4) is 0 Å². The van der Waals surface area contributed by atoms with E-state index in [2.05, 4.69) is 5.32 Å². The number of carbonyl (C=O) groups excluding carboxylic acids is 2. The molecule has 5 nitrogen and oxygen atoms in total. The number of nitrogens with one attached hydrogen (secondary N) is 1. The number of nitrogens with zero attached hydrogens (tertiary/aromatic N) is 1. The van der Waals surface area contributed by atoms with Gasteiger partial charge in [0.2, 0.25) is 5.91 Å². The maximum Gasteiger partial charge on any atom is 0.410 e. The number of amides is 2. The zero-order valence-electron chi connectivity index (χ0n) is 16.7. The van der Waals surface area contributed by atoms with E-state index in [0.29, 0.717) is 6.54 Å². The Bertz CT molecular complexity index is 800. The van der Waals surface area contributed by atoms with Crippen LogP contribution in [0.2, 0.25) is 0 Å². The van der Waals surface area contributed by atoms with Gasteiger partial charge in [-0.2, -0.15) is 0 Å². The highest BCUT2D eigenvalue weighted by atomic mass is 16.6. The summed E-state index contributed by atoms with van der Waals surface area (Å²) >= 11 is 0. The molecule has 1 aliphatic rings. The molecule has 5 heteroatoms. The molecule has 2 aromatic carbocycles. The van der Waals surface area contributed by atoms with Crippen LogP contribution in [0.4, 0.5) is 4.79 Å². The van der Waals surface area contributed by atoms with Gasteiger partial charge in [0.05, 0.1) is 0 Å². The third kappa shape index (κ3) is 4.91. The summed E-state index contributed by atoms with van der Waals surface area (Å²) in [6.45, 7) is 6.51. The van der Waals surface area contributed by atoms with Crippen LogP contribution in [0.25, 0.3) is 0 Å². The molecule has 0 aromatic heterocycles. The lowest BCUT2D eigenvalue weighted by Crippen LogP contribution is -2.53. The van der Waals surface area contributed by atoms with E-state index in [-0.39, 0.29) is 24.0 Å². The minimum atomic E-state index is -0.579. The Balaban J connectivity index is 1.78. The monoisotopic (exact) mass is 380 g/mol. The molecule has 148 valence electrons. The Labute approximate surface area is 166 Å². The highest BCUT2D eigenvalue weighted by Gasteiger charge is 2.44. The fourth-order valence-electron chi connectivity index (χ4n) is 3.62. The van der Waals surface area contributed by atoms with Crippen molar-refractivity contribution in [2.45, 2.75) is 51.3 Å². The largest absolute Gasteiger partial charge is 0.445 e. The van der Waals surface area contributed by atoms with Gasteiger partial charge in [-0.3, -0.25) is 9.69 Å². The Morgan fingerprint density at radius 3 is 2.25 bits per heavy atom. The Kier molecular flexibility index (Phi) is 6.02. The molecular formula is C23H28N2O3. The van der Waals surface area contributed by atoms with Gasteiger partial charge < -0.3 is 10.1 Å². The first-order chi connectivity index (χ1) is 13.3. The van der Waals surface area contributed by atoms with Crippen molar-refractivity contribution < 1.29 is 14.3 Å². The van der Waals surface area contributed by atoms with Crippen LogP contribution in [0.3, 0.4) is 0 Å². The van der Waals surface area contributed by atoms with Crippen molar-refractivity contribution in [1.82, 2.24) is 10.2 Å². The molecule has 0 unspecified atom stereocenters. The lowest BCUT2D eigenvalue weighted by molar-refractivity contribution is -0.127. The zero-order chi connectivity index (χ0) is 20.1. The molecule has 2 atom stereocenters. The summed E-state index contributed by atoms with van der Waals surface area (Å²) in [4.78, 5) is 27.4. The molecule has 0 spiro atoms. The number of rotatable bonds is 4. The van der Waals surface area contributed by atoms with Crippen molar-refractivity contribution >= 4 is 12.0 Å². The molecule has 2 aromatic rings. The zero-order valence-corrected chi connectivity index (χ0v) is 16.7. The second kappa shape index (κ2) is 8.46. The van der Waals surface area contributed by atoms with E-state index in [1.165, 1.54) is 0 Å². The van der Waals surface area contributed by atoms with E-state index in [9.17, 15) is 9.59 Å². The highest BCUT2D eigenvalue weighted by molar-refractivity contribution is 5.88. The summed E-state index contributed by atoms with van der Waals surface area (Å²) < 4.78 is 5.51. The van der Waals surface area contributed by atoms with Crippen LogP contribution in [0.1, 0.15) is 44.2 Å². The average Bonchev–Trinajstić information content (AvgIpc) is 3.12. The molecule has 0 bridgehead atoms. The van der Waals surface area contributed by atoms with Crippen LogP contribution in [-0.4, -0.2) is 35.0 Å². The van der Waals surface area contributed by atoms with E-state index in [1.807, 2.05) is 81.4 Å². The minimum absolute atomic E-state index is 0.0483. The van der Waals surface area contributed by atoms with E-state index < -0.39 is 12.1 Å². The molecule has 3 rings (SSSR count). The molecular weight excluding hydrogens is 352 g/mol. The van der Waals surface area contributed by atoms with E-state index >= 15 is 0 Å². The maximum atomic E-state index is 13.1. The summed E-state index contributed by atoms with van der Waals surface area (Å²) in [5, 5.41) is 3.03. The smallest absolute Gasteiger partial charge is 0.410 e. The van der Waals surface area contributed by atoms with Crippen molar-refractivity contribution in [2.75, 3.05) is 6.54 Å². The van der Waals surface area contributed by atoms with E-state index in [0.717, 1.165) is 17.5 Å². The lowest BCUT2D eigenvalue weighted by atomic mass is 9.90. The maximum absolute atomic E-state index is 13.1. The number of ether oxygens (including phenoxy) is 1. The molecule has 1 aliphatic heterocycles. The van der Waals surface area contributed by atoms with Crippen LogP contribution < -0.4 is 5.32 Å². The highest BCUT2D eigenvalue weighted by Crippen LogP contribution is 2.34. The molecule has 1 saturated heterocycles. The molecule has 0 radical (unpaired) electrons. The summed E-state index contributed by atoms with van der Waals surface area (Å²) in [5.74, 6) is -0.191. The molecule has 1 N–H and O–H groups in total. The Morgan fingerprint density at radius 2 is 1.64 bits per heavy atom. The van der Waals surface area contributed by atoms with Gasteiger partial charge in [0.25, 0.3) is 0 Å². The van der Waals surface area contributed by atoms with Crippen LogP contribution in [0.5, 0.6) is 0 Å². The fraction of sp³-hybridized carbons (Fsp3) is 0.391. The van der Waals surface area contributed by atoms with Gasteiger partial charge >= 0.3 is 6.09 Å². The quantitative estimate of drug-likeness (QED) is 0.869. The number of likely N-dealkylation sites (tertiary alicyclic amines) is 1. The summed E-state index contributed by atoms with van der Waals surface area (Å²) in [6, 6.07) is 18.9. The van der Waals surface area contributed by atoms with Crippen molar-refractivity contribution in [3.05, 3.63) is 71.8 Å². The molecule has 0 aliphatic carbocycles. The third-order valence-corrected chi connectivity index (χ3v) is 4.83. The predicted molar refractivity (Wildman–Crippen MR) is 109 cm³/mol. The number of hydrogen-bond donors (Lipinski definition) is 1. The summed E-state index contributed by atoms with van der Waals surface area (Å²) in [6.07, 6.45) is 0.281. The molecule has 0 saturated carbocycles. The first-order valence-corrected chi connectivity index (χ1v) is 9.69. The van der Waals surface area contributed by atoms with Crippen LogP contribution in [0.15, 0.2) is 60.7 Å². The Hall–Kier alpha value is -2.82. The van der Waals surface area contributed by atoms with E-state index in [4.69, 9.17) is 4.74 Å². The molecule has 2 amide bonds.